The largest absolute Gasteiger partial charge is 0.409 e. The van der Waals surface area contributed by atoms with Crippen molar-refractivity contribution in [1.29, 1.82) is 0 Å². The van der Waals surface area contributed by atoms with Gasteiger partial charge < -0.3 is 4.43 Å². The molecule has 0 radical (unpaired) electrons. The summed E-state index contributed by atoms with van der Waals surface area (Å²) in [7, 11) is -1.89. The van der Waals surface area contributed by atoms with Gasteiger partial charge >= 0.3 is 0 Å². The molecule has 1 unspecified atom stereocenters. The third kappa shape index (κ3) is 5.32. The van der Waals surface area contributed by atoms with Crippen LogP contribution in [-0.2, 0) is 4.43 Å². The molecule has 0 N–H and O–H groups in total. The Balaban J connectivity index is 3.17. The molecule has 0 heterocycles. The van der Waals surface area contributed by atoms with Gasteiger partial charge in [-0.15, -0.1) is 11.6 Å². The van der Waals surface area contributed by atoms with Crippen molar-refractivity contribution in [3.8, 4) is 0 Å². The molecule has 0 saturated heterocycles. The number of halogens is 2. The number of hydrogen-bond acceptors (Lipinski definition) is 1. The topological polar surface area (TPSA) is 9.23 Å². The highest BCUT2D eigenvalue weighted by Crippen LogP contribution is 2.46. The minimum Gasteiger partial charge on any atom is -0.409 e. The number of benzene rings is 1. The summed E-state index contributed by atoms with van der Waals surface area (Å²) in [4.78, 5) is 0. The third-order valence-corrected chi connectivity index (χ3v) is 11.8. The predicted molar refractivity (Wildman–Crippen MR) is 109 cm³/mol. The second-order valence-corrected chi connectivity index (χ2v) is 14.0. The average molecular weight is 420 g/mol. The van der Waals surface area contributed by atoms with Crippen LogP contribution in [0.15, 0.2) is 28.7 Å². The Kier molecular flexibility index (Phi) is 8.85. The molecule has 0 bridgehead atoms. The fourth-order valence-corrected chi connectivity index (χ4v) is 9.87. The van der Waals surface area contributed by atoms with Crippen LogP contribution in [0.1, 0.15) is 66.1 Å². The molecule has 1 atom stereocenters. The Morgan fingerprint density at radius 1 is 0.957 bits per heavy atom. The second kappa shape index (κ2) is 9.60. The number of alkyl halides is 1. The Morgan fingerprint density at radius 3 is 1.83 bits per heavy atom. The van der Waals surface area contributed by atoms with E-state index in [4.69, 9.17) is 16.0 Å². The molecule has 1 nitrogen and oxygen atoms in total. The minimum atomic E-state index is -1.89. The fraction of sp³-hybridized carbons (Fsp3) is 0.684. The maximum Gasteiger partial charge on any atom is 0.201 e. The summed E-state index contributed by atoms with van der Waals surface area (Å²) in [5.74, 6) is 0.690. The summed E-state index contributed by atoms with van der Waals surface area (Å²) in [5.41, 5.74) is 3.06. The van der Waals surface area contributed by atoms with Crippen LogP contribution < -0.4 is 0 Å². The predicted octanol–water partition coefficient (Wildman–Crippen LogP) is 7.70. The zero-order valence-corrected chi connectivity index (χ0v) is 18.7. The smallest absolute Gasteiger partial charge is 0.201 e. The lowest BCUT2D eigenvalue weighted by Crippen LogP contribution is -2.48. The van der Waals surface area contributed by atoms with E-state index in [9.17, 15) is 0 Å². The number of rotatable bonds is 9. The molecule has 0 aliphatic rings. The van der Waals surface area contributed by atoms with E-state index in [1.165, 1.54) is 5.56 Å². The summed E-state index contributed by atoms with van der Waals surface area (Å²) < 4.78 is 8.12. The maximum absolute atomic E-state index is 7.02. The molecule has 23 heavy (non-hydrogen) atoms. The van der Waals surface area contributed by atoms with E-state index >= 15 is 0 Å². The van der Waals surface area contributed by atoms with Gasteiger partial charge in [-0.3, -0.25) is 0 Å². The van der Waals surface area contributed by atoms with E-state index in [0.717, 1.165) is 17.3 Å². The quantitative estimate of drug-likeness (QED) is 0.294. The highest BCUT2D eigenvalue weighted by molar-refractivity contribution is 9.10. The van der Waals surface area contributed by atoms with Crippen molar-refractivity contribution in [2.75, 3.05) is 5.88 Å². The Hall–Kier alpha value is 0.167. The van der Waals surface area contributed by atoms with Crippen LogP contribution in [0.25, 0.3) is 0 Å². The van der Waals surface area contributed by atoms with Crippen LogP contribution in [0.4, 0.5) is 0 Å². The second-order valence-electron chi connectivity index (χ2n) is 7.31. The van der Waals surface area contributed by atoms with Crippen LogP contribution in [0.2, 0.25) is 16.6 Å². The molecule has 0 amide bonds. The molecule has 4 heteroatoms. The maximum atomic E-state index is 7.02. The summed E-state index contributed by atoms with van der Waals surface area (Å²) in [6, 6.07) is 8.58. The van der Waals surface area contributed by atoms with Crippen LogP contribution >= 0.6 is 27.5 Å². The fourth-order valence-electron chi connectivity index (χ4n) is 3.89. The first-order chi connectivity index (χ1) is 10.8. The van der Waals surface area contributed by atoms with E-state index in [1.54, 1.807) is 0 Å². The monoisotopic (exact) mass is 418 g/mol. The summed E-state index contributed by atoms with van der Waals surface area (Å²) in [6.45, 7) is 14.0. The highest BCUT2D eigenvalue weighted by atomic mass is 79.9. The lowest BCUT2D eigenvalue weighted by Gasteiger charge is -2.45. The molecule has 1 aromatic carbocycles. The van der Waals surface area contributed by atoms with Crippen LogP contribution in [0, 0.1) is 0 Å². The molecule has 132 valence electrons. The Morgan fingerprint density at radius 2 is 1.43 bits per heavy atom. The molecule has 0 saturated carbocycles. The van der Waals surface area contributed by atoms with Gasteiger partial charge in [-0.1, -0.05) is 69.6 Å². The van der Waals surface area contributed by atoms with E-state index < -0.39 is 8.32 Å². The molecular formula is C19H32BrClOSi. The standard InChI is InChI=1S/C19H32BrClOSi/c1-14(2)23(15(3)4,16(5)6)22-19(8-7-13-21)17-9-11-18(20)12-10-17/h9-12,14-16,19H,7-8,13H2,1-6H3. The van der Waals surface area contributed by atoms with Gasteiger partial charge in [0.15, 0.2) is 0 Å². The van der Waals surface area contributed by atoms with Gasteiger partial charge in [-0.05, 0) is 47.2 Å². The lowest BCUT2D eigenvalue weighted by atomic mass is 10.1. The van der Waals surface area contributed by atoms with E-state index in [-0.39, 0.29) is 6.10 Å². The first kappa shape index (κ1) is 21.2. The van der Waals surface area contributed by atoms with Crippen LogP contribution in [0.3, 0.4) is 0 Å². The first-order valence-electron chi connectivity index (χ1n) is 8.74. The third-order valence-electron chi connectivity index (χ3n) is 4.90. The Labute approximate surface area is 157 Å². The molecule has 0 aliphatic carbocycles. The van der Waals surface area contributed by atoms with Gasteiger partial charge in [-0.25, -0.2) is 0 Å². The van der Waals surface area contributed by atoms with E-state index in [1.807, 2.05) is 0 Å². The van der Waals surface area contributed by atoms with Gasteiger partial charge in [0.25, 0.3) is 0 Å². The van der Waals surface area contributed by atoms with Crippen molar-refractivity contribution < 1.29 is 4.43 Å². The zero-order chi connectivity index (χ0) is 17.6. The van der Waals surface area contributed by atoms with Gasteiger partial charge in [0.05, 0.1) is 6.10 Å². The average Bonchev–Trinajstić information content (AvgIpc) is 2.47. The molecule has 0 fully saturated rings. The van der Waals surface area contributed by atoms with Crippen molar-refractivity contribution in [2.45, 2.75) is 77.1 Å². The molecular weight excluding hydrogens is 388 g/mol. The molecule has 0 aliphatic heterocycles. The van der Waals surface area contributed by atoms with E-state index in [0.29, 0.717) is 22.5 Å². The molecule has 1 aromatic rings. The van der Waals surface area contributed by atoms with Crippen LogP contribution in [0.5, 0.6) is 0 Å². The SMILES string of the molecule is CC(C)[Si](OC(CCCCl)c1ccc(Br)cc1)(C(C)C)C(C)C. The van der Waals surface area contributed by atoms with E-state index in [2.05, 4.69) is 81.7 Å². The van der Waals surface area contributed by atoms with Gasteiger partial charge in [0.2, 0.25) is 8.32 Å². The molecule has 0 spiro atoms. The normalized spacial score (nSPS) is 14.0. The van der Waals surface area contributed by atoms with Crippen molar-refractivity contribution in [2.24, 2.45) is 0 Å². The summed E-state index contributed by atoms with van der Waals surface area (Å²) in [5, 5.41) is 0. The van der Waals surface area contributed by atoms with Gasteiger partial charge in [-0.2, -0.15) is 0 Å². The first-order valence-corrected chi connectivity index (χ1v) is 12.2. The highest BCUT2D eigenvalue weighted by Gasteiger charge is 2.46. The van der Waals surface area contributed by atoms with Gasteiger partial charge in [0, 0.05) is 10.4 Å². The number of hydrogen-bond donors (Lipinski definition) is 0. The van der Waals surface area contributed by atoms with Gasteiger partial charge in [0.1, 0.15) is 0 Å². The minimum absolute atomic E-state index is 0.153. The summed E-state index contributed by atoms with van der Waals surface area (Å²) in [6.07, 6.45) is 2.13. The summed E-state index contributed by atoms with van der Waals surface area (Å²) >= 11 is 9.49. The molecule has 0 aromatic heterocycles. The van der Waals surface area contributed by atoms with Crippen molar-refractivity contribution in [3.63, 3.8) is 0 Å². The van der Waals surface area contributed by atoms with Crippen molar-refractivity contribution in [3.05, 3.63) is 34.3 Å². The van der Waals surface area contributed by atoms with Crippen LogP contribution in [-0.4, -0.2) is 14.2 Å². The van der Waals surface area contributed by atoms with Crippen molar-refractivity contribution >= 4 is 35.8 Å². The lowest BCUT2D eigenvalue weighted by molar-refractivity contribution is 0.165. The molecule has 1 rings (SSSR count). The Bertz CT molecular complexity index is 437. The van der Waals surface area contributed by atoms with Crippen molar-refractivity contribution in [1.82, 2.24) is 0 Å². The zero-order valence-electron chi connectivity index (χ0n) is 15.4.